The van der Waals surface area contributed by atoms with Crippen molar-refractivity contribution >= 4 is 27.4 Å². The Bertz CT molecular complexity index is 554. The normalized spacial score (nSPS) is 10.4. The second-order valence-corrected chi connectivity index (χ2v) is 5.33. The van der Waals surface area contributed by atoms with Crippen LogP contribution in [0.5, 0.6) is 0 Å². The summed E-state index contributed by atoms with van der Waals surface area (Å²) in [7, 11) is 1.99. The minimum absolute atomic E-state index is 0.680. The number of hydrogen-bond donors (Lipinski definition) is 1. The molecule has 0 fully saturated rings. The molecule has 0 aliphatic heterocycles. The highest BCUT2D eigenvalue weighted by Crippen LogP contribution is 2.23. The van der Waals surface area contributed by atoms with Crippen molar-refractivity contribution in [1.29, 1.82) is 0 Å². The third kappa shape index (κ3) is 3.01. The van der Waals surface area contributed by atoms with Gasteiger partial charge in [0.15, 0.2) is 5.82 Å². The van der Waals surface area contributed by atoms with E-state index in [0.29, 0.717) is 5.69 Å². The number of pyridine rings is 1. The minimum Gasteiger partial charge on any atom is -0.396 e. The zero-order valence-corrected chi connectivity index (χ0v) is 12.1. The molecule has 0 radical (unpaired) electrons. The van der Waals surface area contributed by atoms with Crippen molar-refractivity contribution in [2.24, 2.45) is 0 Å². The highest BCUT2D eigenvalue weighted by atomic mass is 79.9. The van der Waals surface area contributed by atoms with Crippen molar-refractivity contribution in [3.8, 4) is 0 Å². The van der Waals surface area contributed by atoms with E-state index in [0.717, 1.165) is 16.8 Å². The van der Waals surface area contributed by atoms with Gasteiger partial charge in [-0.2, -0.15) is 0 Å². The van der Waals surface area contributed by atoms with Crippen molar-refractivity contribution in [2.45, 2.75) is 13.5 Å². The minimum atomic E-state index is 0.680. The predicted molar refractivity (Wildman–Crippen MR) is 79.6 cm³/mol. The molecule has 0 spiro atoms. The van der Waals surface area contributed by atoms with E-state index < -0.39 is 0 Å². The zero-order valence-electron chi connectivity index (χ0n) is 10.5. The van der Waals surface area contributed by atoms with Gasteiger partial charge in [0, 0.05) is 24.3 Å². The van der Waals surface area contributed by atoms with E-state index in [1.807, 2.05) is 13.1 Å². The van der Waals surface area contributed by atoms with Crippen LogP contribution in [0.25, 0.3) is 0 Å². The summed E-state index contributed by atoms with van der Waals surface area (Å²) in [6.45, 7) is 2.89. The smallest absolute Gasteiger partial charge is 0.151 e. The first-order valence-electron chi connectivity index (χ1n) is 5.74. The molecule has 0 aliphatic rings. The van der Waals surface area contributed by atoms with Crippen LogP contribution in [-0.4, -0.2) is 12.0 Å². The fourth-order valence-corrected chi connectivity index (χ4v) is 2.27. The van der Waals surface area contributed by atoms with E-state index in [9.17, 15) is 0 Å². The lowest BCUT2D eigenvalue weighted by Gasteiger charge is -2.20. The van der Waals surface area contributed by atoms with Crippen LogP contribution >= 0.6 is 15.9 Å². The number of rotatable bonds is 3. The summed E-state index contributed by atoms with van der Waals surface area (Å²) in [5.74, 6) is 0.805. The first-order valence-corrected chi connectivity index (χ1v) is 6.53. The van der Waals surface area contributed by atoms with Gasteiger partial charge in [-0.1, -0.05) is 29.8 Å². The van der Waals surface area contributed by atoms with Gasteiger partial charge in [0.05, 0.1) is 5.69 Å². The number of halogens is 1. The van der Waals surface area contributed by atoms with E-state index >= 15 is 0 Å². The van der Waals surface area contributed by atoms with Crippen molar-refractivity contribution in [1.82, 2.24) is 4.98 Å². The monoisotopic (exact) mass is 305 g/mol. The summed E-state index contributed by atoms with van der Waals surface area (Å²) in [4.78, 5) is 6.40. The molecule has 0 atom stereocenters. The van der Waals surface area contributed by atoms with Gasteiger partial charge in [-0.05, 0) is 34.5 Å². The number of hydrogen-bond acceptors (Lipinski definition) is 3. The second kappa shape index (κ2) is 5.40. The lowest BCUT2D eigenvalue weighted by atomic mass is 10.1. The van der Waals surface area contributed by atoms with Crippen molar-refractivity contribution in [3.05, 3.63) is 52.1 Å². The maximum Gasteiger partial charge on any atom is 0.151 e. The number of anilines is 2. The standard InChI is InChI=1S/C14H16BrN3/c1-10-4-3-5-11(6-10)9-18(2)14-13(16)7-12(15)8-17-14/h3-8H,9,16H2,1-2H3. The molecule has 3 nitrogen and oxygen atoms in total. The Morgan fingerprint density at radius 2 is 2.11 bits per heavy atom. The first kappa shape index (κ1) is 12.9. The number of benzene rings is 1. The summed E-state index contributed by atoms with van der Waals surface area (Å²) in [6.07, 6.45) is 1.76. The van der Waals surface area contributed by atoms with Crippen LogP contribution in [-0.2, 0) is 6.54 Å². The Balaban J connectivity index is 2.19. The molecule has 2 rings (SSSR count). The van der Waals surface area contributed by atoms with E-state index in [1.54, 1.807) is 6.20 Å². The number of nitrogens with zero attached hydrogens (tertiary/aromatic N) is 2. The number of nitrogens with two attached hydrogens (primary N) is 1. The Labute approximate surface area is 116 Å². The zero-order chi connectivity index (χ0) is 13.1. The van der Waals surface area contributed by atoms with Gasteiger partial charge in [-0.3, -0.25) is 0 Å². The van der Waals surface area contributed by atoms with Crippen LogP contribution in [0.4, 0.5) is 11.5 Å². The highest BCUT2D eigenvalue weighted by molar-refractivity contribution is 9.10. The van der Waals surface area contributed by atoms with Crippen LogP contribution in [0.15, 0.2) is 41.0 Å². The van der Waals surface area contributed by atoms with E-state index in [-0.39, 0.29) is 0 Å². The average molecular weight is 306 g/mol. The molecule has 0 saturated heterocycles. The molecule has 0 unspecified atom stereocenters. The summed E-state index contributed by atoms with van der Waals surface area (Å²) >= 11 is 3.36. The highest BCUT2D eigenvalue weighted by Gasteiger charge is 2.08. The molecule has 1 aromatic carbocycles. The summed E-state index contributed by atoms with van der Waals surface area (Å²) < 4.78 is 0.896. The van der Waals surface area contributed by atoms with Gasteiger partial charge >= 0.3 is 0 Å². The Morgan fingerprint density at radius 3 is 2.78 bits per heavy atom. The van der Waals surface area contributed by atoms with Crippen LogP contribution in [0.3, 0.4) is 0 Å². The molecule has 2 aromatic rings. The van der Waals surface area contributed by atoms with Crippen molar-refractivity contribution in [3.63, 3.8) is 0 Å². The molecule has 1 aromatic heterocycles. The van der Waals surface area contributed by atoms with E-state index in [4.69, 9.17) is 5.73 Å². The molecule has 4 heteroatoms. The van der Waals surface area contributed by atoms with Gasteiger partial charge in [0.2, 0.25) is 0 Å². The summed E-state index contributed by atoms with van der Waals surface area (Å²) in [6, 6.07) is 10.3. The van der Waals surface area contributed by atoms with Gasteiger partial charge in [0.1, 0.15) is 0 Å². The van der Waals surface area contributed by atoms with Crippen molar-refractivity contribution < 1.29 is 0 Å². The molecular formula is C14H16BrN3. The number of nitrogen functional groups attached to an aromatic ring is 1. The third-order valence-electron chi connectivity index (χ3n) is 2.73. The van der Waals surface area contributed by atoms with Crippen molar-refractivity contribution in [2.75, 3.05) is 17.7 Å². The van der Waals surface area contributed by atoms with Crippen LogP contribution in [0.2, 0.25) is 0 Å². The average Bonchev–Trinajstić information content (AvgIpc) is 2.28. The molecule has 0 amide bonds. The molecular weight excluding hydrogens is 290 g/mol. The Kier molecular flexibility index (Phi) is 3.87. The lowest BCUT2D eigenvalue weighted by Crippen LogP contribution is -2.19. The summed E-state index contributed by atoms with van der Waals surface area (Å²) in [5.41, 5.74) is 9.17. The van der Waals surface area contributed by atoms with Crippen LogP contribution < -0.4 is 10.6 Å². The number of aryl methyl sites for hydroxylation is 1. The first-order chi connectivity index (χ1) is 8.56. The predicted octanol–water partition coefficient (Wildman–Crippen LogP) is 3.37. The molecule has 0 saturated carbocycles. The van der Waals surface area contributed by atoms with E-state index in [1.165, 1.54) is 11.1 Å². The quantitative estimate of drug-likeness (QED) is 0.945. The van der Waals surface area contributed by atoms with Gasteiger partial charge in [-0.15, -0.1) is 0 Å². The van der Waals surface area contributed by atoms with E-state index in [2.05, 4.69) is 57.0 Å². The molecule has 18 heavy (non-hydrogen) atoms. The SMILES string of the molecule is Cc1cccc(CN(C)c2ncc(Br)cc2N)c1. The summed E-state index contributed by atoms with van der Waals surface area (Å²) in [5, 5.41) is 0. The number of aromatic nitrogens is 1. The topological polar surface area (TPSA) is 42.2 Å². The third-order valence-corrected chi connectivity index (χ3v) is 3.16. The van der Waals surface area contributed by atoms with Gasteiger partial charge in [0.25, 0.3) is 0 Å². The largest absolute Gasteiger partial charge is 0.396 e. The lowest BCUT2D eigenvalue weighted by molar-refractivity contribution is 0.898. The van der Waals surface area contributed by atoms with Crippen LogP contribution in [0, 0.1) is 6.92 Å². The van der Waals surface area contributed by atoms with Crippen LogP contribution in [0.1, 0.15) is 11.1 Å². The van der Waals surface area contributed by atoms with Gasteiger partial charge in [-0.25, -0.2) is 4.98 Å². The molecule has 94 valence electrons. The molecule has 0 bridgehead atoms. The van der Waals surface area contributed by atoms with Gasteiger partial charge < -0.3 is 10.6 Å². The second-order valence-electron chi connectivity index (χ2n) is 4.41. The Morgan fingerprint density at radius 1 is 1.33 bits per heavy atom. The fraction of sp³-hybridized carbons (Fsp3) is 0.214. The maximum absolute atomic E-state index is 5.97. The maximum atomic E-state index is 5.97. The molecule has 0 aliphatic carbocycles. The molecule has 1 heterocycles. The Hall–Kier alpha value is -1.55. The fourth-order valence-electron chi connectivity index (χ4n) is 1.93. The molecule has 2 N–H and O–H groups in total.